The number of nitrogens with zero attached hydrogens (tertiary/aromatic N) is 6. The molecule has 0 aliphatic carbocycles. The van der Waals surface area contributed by atoms with Crippen molar-refractivity contribution in [2.75, 3.05) is 19.6 Å². The average Bonchev–Trinajstić information content (AvgIpc) is 3.41. The molecule has 3 aromatic rings. The van der Waals surface area contributed by atoms with Gasteiger partial charge in [-0.3, -0.25) is 4.79 Å². The summed E-state index contributed by atoms with van der Waals surface area (Å²) in [6.07, 6.45) is 3.32. The van der Waals surface area contributed by atoms with Crippen molar-refractivity contribution in [2.45, 2.75) is 31.8 Å². The Morgan fingerprint density at radius 1 is 1.10 bits per heavy atom. The minimum Gasteiger partial charge on any atom is -0.337 e. The number of amides is 1. The van der Waals surface area contributed by atoms with Crippen LogP contribution in [-0.4, -0.2) is 55.0 Å². The van der Waals surface area contributed by atoms with Crippen molar-refractivity contribution in [3.05, 3.63) is 59.7 Å². The number of hydrogen-bond donors (Lipinski definition) is 1. The number of fused-ring (bicyclic) bond motifs is 1. The summed E-state index contributed by atoms with van der Waals surface area (Å²) in [6.45, 7) is 3.88. The predicted molar refractivity (Wildman–Crippen MR) is 110 cm³/mol. The summed E-state index contributed by atoms with van der Waals surface area (Å²) in [4.78, 5) is 14.7. The van der Waals surface area contributed by atoms with Crippen LogP contribution in [0.2, 0.25) is 0 Å². The van der Waals surface area contributed by atoms with E-state index in [0.29, 0.717) is 30.4 Å². The Hall–Kier alpha value is -2.78. The van der Waals surface area contributed by atoms with Crippen LogP contribution in [-0.2, 0) is 13.1 Å². The summed E-state index contributed by atoms with van der Waals surface area (Å²) in [7, 11) is 0. The zero-order valence-corrected chi connectivity index (χ0v) is 17.2. The molecule has 2 aliphatic rings. The first-order chi connectivity index (χ1) is 14.2. The molecule has 1 amide bonds. The van der Waals surface area contributed by atoms with Gasteiger partial charge in [-0.1, -0.05) is 12.1 Å². The van der Waals surface area contributed by atoms with Crippen LogP contribution in [0, 0.1) is 5.82 Å². The van der Waals surface area contributed by atoms with E-state index in [1.165, 1.54) is 10.7 Å². The smallest absolute Gasteiger partial charge is 0.274 e. The van der Waals surface area contributed by atoms with E-state index in [1.807, 2.05) is 4.90 Å². The molecule has 0 atom stereocenters. The zero-order valence-electron chi connectivity index (χ0n) is 16.4. The Morgan fingerprint density at radius 3 is 2.70 bits per heavy atom. The number of para-hydroxylation sites is 1. The van der Waals surface area contributed by atoms with Crippen molar-refractivity contribution < 1.29 is 9.18 Å². The highest BCUT2D eigenvalue weighted by atomic mass is 35.5. The molecule has 2 aliphatic heterocycles. The lowest BCUT2D eigenvalue weighted by molar-refractivity contribution is 0.0703. The molecule has 1 saturated heterocycles. The van der Waals surface area contributed by atoms with Crippen molar-refractivity contribution in [1.82, 2.24) is 34.8 Å². The highest BCUT2D eigenvalue weighted by molar-refractivity contribution is 5.92. The number of carbonyl (C=O) groups excluding carboxylic acids is 1. The lowest BCUT2D eigenvalue weighted by Crippen LogP contribution is -2.39. The molecule has 0 unspecified atom stereocenters. The van der Waals surface area contributed by atoms with Gasteiger partial charge in [-0.25, -0.2) is 9.07 Å². The third kappa shape index (κ3) is 3.70. The van der Waals surface area contributed by atoms with E-state index < -0.39 is 0 Å². The fourth-order valence-corrected chi connectivity index (χ4v) is 4.13. The number of hydrogen-bond acceptors (Lipinski definition) is 5. The van der Waals surface area contributed by atoms with Crippen molar-refractivity contribution >= 4 is 18.3 Å². The molecule has 4 heterocycles. The number of halogens is 2. The van der Waals surface area contributed by atoms with Crippen LogP contribution in [0.4, 0.5) is 4.39 Å². The van der Waals surface area contributed by atoms with E-state index in [2.05, 4.69) is 25.2 Å². The van der Waals surface area contributed by atoms with Crippen molar-refractivity contribution in [2.24, 2.45) is 0 Å². The molecule has 1 N–H and O–H groups in total. The van der Waals surface area contributed by atoms with Gasteiger partial charge >= 0.3 is 0 Å². The van der Waals surface area contributed by atoms with E-state index in [9.17, 15) is 9.18 Å². The van der Waals surface area contributed by atoms with Crippen LogP contribution in [0.1, 0.15) is 40.9 Å². The average molecular weight is 432 g/mol. The second-order valence-electron chi connectivity index (χ2n) is 7.47. The van der Waals surface area contributed by atoms with Gasteiger partial charge in [0.15, 0.2) is 5.69 Å². The molecule has 1 aromatic carbocycles. The Kier molecular flexibility index (Phi) is 5.83. The van der Waals surface area contributed by atoms with Gasteiger partial charge in [0.05, 0.1) is 6.54 Å². The van der Waals surface area contributed by atoms with Gasteiger partial charge < -0.3 is 14.8 Å². The third-order valence-corrected chi connectivity index (χ3v) is 5.71. The van der Waals surface area contributed by atoms with Crippen molar-refractivity contribution in [1.29, 1.82) is 0 Å². The fraction of sp³-hybridized carbons (Fsp3) is 0.400. The molecule has 158 valence electrons. The monoisotopic (exact) mass is 431 g/mol. The first-order valence-electron chi connectivity index (χ1n) is 9.93. The van der Waals surface area contributed by atoms with Gasteiger partial charge in [0.25, 0.3) is 5.91 Å². The lowest BCUT2D eigenvalue weighted by Gasteiger charge is -2.31. The number of aromatic nitrogens is 5. The normalized spacial score (nSPS) is 16.8. The van der Waals surface area contributed by atoms with Gasteiger partial charge in [0, 0.05) is 38.3 Å². The highest BCUT2D eigenvalue weighted by Gasteiger charge is 2.29. The summed E-state index contributed by atoms with van der Waals surface area (Å²) >= 11 is 0. The number of rotatable bonds is 3. The summed E-state index contributed by atoms with van der Waals surface area (Å²) in [5.41, 5.74) is 0.661. The SMILES string of the molecule is Cl.O=C(c1ccn(-c2ccccc2F)n1)N1CCC(c2nnc3n2CCNC3)CC1. The number of likely N-dealkylation sites (tertiary alicyclic amines) is 1. The van der Waals surface area contributed by atoms with E-state index in [0.717, 1.165) is 44.1 Å². The predicted octanol–water partition coefficient (Wildman–Crippen LogP) is 2.15. The van der Waals surface area contributed by atoms with Crippen LogP contribution in [0.15, 0.2) is 36.5 Å². The fourth-order valence-electron chi connectivity index (χ4n) is 4.13. The van der Waals surface area contributed by atoms with Gasteiger partial charge in [0.2, 0.25) is 0 Å². The number of nitrogens with one attached hydrogen (secondary N) is 1. The van der Waals surface area contributed by atoms with E-state index in [-0.39, 0.29) is 24.1 Å². The maximum absolute atomic E-state index is 14.0. The molecular formula is C20H23ClFN7O. The molecule has 2 aromatic heterocycles. The molecule has 0 spiro atoms. The molecule has 5 rings (SSSR count). The largest absolute Gasteiger partial charge is 0.337 e. The number of carbonyl (C=O) groups is 1. The summed E-state index contributed by atoms with van der Waals surface area (Å²) in [6, 6.07) is 8.02. The van der Waals surface area contributed by atoms with Gasteiger partial charge in [-0.15, -0.1) is 22.6 Å². The molecule has 8 nitrogen and oxygen atoms in total. The Bertz CT molecular complexity index is 1040. The third-order valence-electron chi connectivity index (χ3n) is 5.71. The summed E-state index contributed by atoms with van der Waals surface area (Å²) in [5, 5.41) is 16.3. The topological polar surface area (TPSA) is 80.9 Å². The molecule has 0 saturated carbocycles. The van der Waals surface area contributed by atoms with Crippen LogP contribution < -0.4 is 5.32 Å². The molecule has 10 heteroatoms. The van der Waals surface area contributed by atoms with Crippen LogP contribution >= 0.6 is 12.4 Å². The van der Waals surface area contributed by atoms with Gasteiger partial charge in [-0.2, -0.15) is 5.10 Å². The Labute approximate surface area is 179 Å². The van der Waals surface area contributed by atoms with E-state index in [1.54, 1.807) is 30.5 Å². The maximum Gasteiger partial charge on any atom is 0.274 e. The molecule has 1 fully saturated rings. The van der Waals surface area contributed by atoms with Gasteiger partial charge in [0.1, 0.15) is 23.2 Å². The summed E-state index contributed by atoms with van der Waals surface area (Å²) in [5.74, 6) is 1.85. The number of benzene rings is 1. The minimum atomic E-state index is -0.373. The summed E-state index contributed by atoms with van der Waals surface area (Å²) < 4.78 is 17.6. The van der Waals surface area contributed by atoms with E-state index in [4.69, 9.17) is 0 Å². The standard InChI is InChI=1S/C20H22FN7O.ClH/c21-15-3-1-2-4-17(15)28-11-7-16(25-28)20(29)26-9-5-14(6-10-26)19-24-23-18-13-22-8-12-27(18)19;/h1-4,7,11,14,22H,5-6,8-10,12-13H2;1H. The second-order valence-corrected chi connectivity index (χ2v) is 7.47. The second kappa shape index (κ2) is 8.53. The van der Waals surface area contributed by atoms with Crippen LogP contribution in [0.5, 0.6) is 0 Å². The highest BCUT2D eigenvalue weighted by Crippen LogP contribution is 2.28. The Balaban J connectivity index is 0.00000218. The quantitative estimate of drug-likeness (QED) is 0.687. The molecule has 0 bridgehead atoms. The lowest BCUT2D eigenvalue weighted by atomic mass is 9.95. The van der Waals surface area contributed by atoms with Gasteiger partial charge in [-0.05, 0) is 31.0 Å². The van der Waals surface area contributed by atoms with Crippen LogP contribution in [0.3, 0.4) is 0 Å². The first-order valence-corrected chi connectivity index (χ1v) is 9.93. The molecular weight excluding hydrogens is 409 g/mol. The molecule has 0 radical (unpaired) electrons. The number of piperidine rings is 1. The zero-order chi connectivity index (χ0) is 19.8. The van der Waals surface area contributed by atoms with Crippen LogP contribution in [0.25, 0.3) is 5.69 Å². The maximum atomic E-state index is 14.0. The van der Waals surface area contributed by atoms with Crippen molar-refractivity contribution in [3.63, 3.8) is 0 Å². The first kappa shape index (κ1) is 20.5. The Morgan fingerprint density at radius 2 is 1.90 bits per heavy atom. The minimum absolute atomic E-state index is 0. The van der Waals surface area contributed by atoms with E-state index >= 15 is 0 Å². The van der Waals surface area contributed by atoms with Crippen molar-refractivity contribution in [3.8, 4) is 5.69 Å². The molecule has 30 heavy (non-hydrogen) atoms.